The summed E-state index contributed by atoms with van der Waals surface area (Å²) in [5.41, 5.74) is 5.74. The standard InChI is InChI=1S/C16H23BrN2OS/c17-13-6-8-14(9-7-13)21-10-2-5-16(20)19-15-4-1-3-12(15)11-18/h6-9,12,15H,1-5,10-11,18H2,(H,19,20). The molecule has 0 saturated heterocycles. The summed E-state index contributed by atoms with van der Waals surface area (Å²) in [5.74, 6) is 1.63. The van der Waals surface area contributed by atoms with Crippen LogP contribution in [0.25, 0.3) is 0 Å². The zero-order valence-electron chi connectivity index (χ0n) is 12.2. The van der Waals surface area contributed by atoms with Crippen LogP contribution in [0.1, 0.15) is 32.1 Å². The Morgan fingerprint density at radius 2 is 2.10 bits per heavy atom. The molecule has 1 amide bonds. The molecule has 1 fully saturated rings. The maximum Gasteiger partial charge on any atom is 0.220 e. The van der Waals surface area contributed by atoms with E-state index in [2.05, 4.69) is 33.4 Å². The van der Waals surface area contributed by atoms with Crippen molar-refractivity contribution in [2.45, 2.75) is 43.0 Å². The highest BCUT2D eigenvalue weighted by Crippen LogP contribution is 2.25. The Bertz CT molecular complexity index is 452. The maximum absolute atomic E-state index is 11.9. The number of nitrogens with one attached hydrogen (secondary N) is 1. The summed E-state index contributed by atoms with van der Waals surface area (Å²) in [6, 6.07) is 8.59. The summed E-state index contributed by atoms with van der Waals surface area (Å²) in [4.78, 5) is 13.2. The highest BCUT2D eigenvalue weighted by molar-refractivity contribution is 9.10. The van der Waals surface area contributed by atoms with Crippen LogP contribution < -0.4 is 11.1 Å². The summed E-state index contributed by atoms with van der Waals surface area (Å²) in [5, 5.41) is 3.15. The Labute approximate surface area is 139 Å². The lowest BCUT2D eigenvalue weighted by molar-refractivity contribution is -0.122. The average Bonchev–Trinajstić information content (AvgIpc) is 2.92. The van der Waals surface area contributed by atoms with Crippen molar-refractivity contribution in [2.75, 3.05) is 12.3 Å². The van der Waals surface area contributed by atoms with Crippen molar-refractivity contribution in [2.24, 2.45) is 11.7 Å². The third-order valence-electron chi connectivity index (χ3n) is 3.94. The van der Waals surface area contributed by atoms with E-state index in [-0.39, 0.29) is 5.91 Å². The fourth-order valence-corrected chi connectivity index (χ4v) is 3.86. The van der Waals surface area contributed by atoms with Gasteiger partial charge in [-0.1, -0.05) is 22.4 Å². The number of carbonyl (C=O) groups excluding carboxylic acids is 1. The predicted octanol–water partition coefficient (Wildman–Crippen LogP) is 3.57. The van der Waals surface area contributed by atoms with Crippen LogP contribution in [0, 0.1) is 5.92 Å². The summed E-state index contributed by atoms with van der Waals surface area (Å²) < 4.78 is 1.09. The van der Waals surface area contributed by atoms with Crippen LogP contribution >= 0.6 is 27.7 Å². The number of benzene rings is 1. The van der Waals surface area contributed by atoms with Crippen molar-refractivity contribution < 1.29 is 4.79 Å². The van der Waals surface area contributed by atoms with E-state index in [1.54, 1.807) is 11.8 Å². The number of nitrogens with two attached hydrogens (primary N) is 1. The topological polar surface area (TPSA) is 55.1 Å². The number of thioether (sulfide) groups is 1. The molecule has 1 aromatic rings. The fourth-order valence-electron chi connectivity index (χ4n) is 2.74. The van der Waals surface area contributed by atoms with Gasteiger partial charge in [0.2, 0.25) is 5.91 Å². The molecule has 0 spiro atoms. The summed E-state index contributed by atoms with van der Waals surface area (Å²) >= 11 is 5.23. The van der Waals surface area contributed by atoms with Gasteiger partial charge in [0, 0.05) is 21.8 Å². The number of amides is 1. The second kappa shape index (κ2) is 8.81. The first kappa shape index (κ1) is 16.8. The SMILES string of the molecule is NCC1CCCC1NC(=O)CCCSc1ccc(Br)cc1. The molecule has 1 aliphatic rings. The number of hydrogen-bond donors (Lipinski definition) is 2. The zero-order chi connectivity index (χ0) is 15.1. The van der Waals surface area contributed by atoms with Gasteiger partial charge in [0.05, 0.1) is 0 Å². The lowest BCUT2D eigenvalue weighted by Gasteiger charge is -2.19. The van der Waals surface area contributed by atoms with E-state index in [1.807, 2.05) is 12.1 Å². The van der Waals surface area contributed by atoms with Crippen LogP contribution in [0.15, 0.2) is 33.6 Å². The van der Waals surface area contributed by atoms with Crippen LogP contribution in [0.5, 0.6) is 0 Å². The molecule has 21 heavy (non-hydrogen) atoms. The van der Waals surface area contributed by atoms with Crippen LogP contribution in [0.4, 0.5) is 0 Å². The highest BCUT2D eigenvalue weighted by Gasteiger charge is 2.26. The molecule has 1 aromatic carbocycles. The number of rotatable bonds is 7. The molecule has 2 rings (SSSR count). The van der Waals surface area contributed by atoms with E-state index < -0.39 is 0 Å². The first-order valence-electron chi connectivity index (χ1n) is 7.57. The lowest BCUT2D eigenvalue weighted by atomic mass is 10.0. The van der Waals surface area contributed by atoms with Crippen molar-refractivity contribution in [3.8, 4) is 0 Å². The van der Waals surface area contributed by atoms with E-state index in [4.69, 9.17) is 5.73 Å². The van der Waals surface area contributed by atoms with Crippen molar-refractivity contribution in [1.29, 1.82) is 0 Å². The van der Waals surface area contributed by atoms with Gasteiger partial charge in [-0.3, -0.25) is 4.79 Å². The molecule has 3 N–H and O–H groups in total. The van der Waals surface area contributed by atoms with Crippen molar-refractivity contribution in [3.05, 3.63) is 28.7 Å². The Morgan fingerprint density at radius 1 is 1.33 bits per heavy atom. The number of carbonyl (C=O) groups is 1. The number of hydrogen-bond acceptors (Lipinski definition) is 3. The van der Waals surface area contributed by atoms with Gasteiger partial charge in [-0.05, 0) is 61.7 Å². The Kier molecular flexibility index (Phi) is 7.07. The molecule has 116 valence electrons. The summed E-state index contributed by atoms with van der Waals surface area (Å²) in [7, 11) is 0. The monoisotopic (exact) mass is 370 g/mol. The summed E-state index contributed by atoms with van der Waals surface area (Å²) in [6.45, 7) is 0.685. The van der Waals surface area contributed by atoms with Crippen molar-refractivity contribution in [3.63, 3.8) is 0 Å². The molecule has 0 aromatic heterocycles. The fraction of sp³-hybridized carbons (Fsp3) is 0.562. The van der Waals surface area contributed by atoms with Gasteiger partial charge < -0.3 is 11.1 Å². The van der Waals surface area contributed by atoms with Gasteiger partial charge in [-0.25, -0.2) is 0 Å². The molecule has 1 saturated carbocycles. The van der Waals surface area contributed by atoms with Gasteiger partial charge in [-0.15, -0.1) is 11.8 Å². The van der Waals surface area contributed by atoms with Gasteiger partial charge >= 0.3 is 0 Å². The maximum atomic E-state index is 11.9. The van der Waals surface area contributed by atoms with E-state index in [0.29, 0.717) is 24.9 Å². The first-order chi connectivity index (χ1) is 10.2. The minimum atomic E-state index is 0.178. The molecular weight excluding hydrogens is 348 g/mol. The molecular formula is C16H23BrN2OS. The van der Waals surface area contributed by atoms with Crippen molar-refractivity contribution >= 4 is 33.6 Å². The average molecular weight is 371 g/mol. The molecule has 5 heteroatoms. The molecule has 0 aliphatic heterocycles. The Morgan fingerprint density at radius 3 is 2.81 bits per heavy atom. The third kappa shape index (κ3) is 5.64. The Balaban J connectivity index is 1.62. The number of halogens is 1. The largest absolute Gasteiger partial charge is 0.353 e. The van der Waals surface area contributed by atoms with Gasteiger partial charge in [0.15, 0.2) is 0 Å². The van der Waals surface area contributed by atoms with Gasteiger partial charge in [0.1, 0.15) is 0 Å². The predicted molar refractivity (Wildman–Crippen MR) is 92.4 cm³/mol. The Hall–Kier alpha value is -0.520. The van der Waals surface area contributed by atoms with E-state index in [1.165, 1.54) is 11.3 Å². The molecule has 1 aliphatic carbocycles. The molecule has 0 bridgehead atoms. The molecule has 3 nitrogen and oxygen atoms in total. The second-order valence-electron chi connectivity index (χ2n) is 5.51. The summed E-state index contributed by atoms with van der Waals surface area (Å²) in [6.07, 6.45) is 4.94. The smallest absolute Gasteiger partial charge is 0.220 e. The normalized spacial score (nSPS) is 21.4. The third-order valence-corrected chi connectivity index (χ3v) is 5.57. The molecule has 2 unspecified atom stereocenters. The molecule has 0 radical (unpaired) electrons. The van der Waals surface area contributed by atoms with Crippen molar-refractivity contribution in [1.82, 2.24) is 5.32 Å². The first-order valence-corrected chi connectivity index (χ1v) is 9.34. The minimum absolute atomic E-state index is 0.178. The second-order valence-corrected chi connectivity index (χ2v) is 7.59. The zero-order valence-corrected chi connectivity index (χ0v) is 14.6. The molecule has 2 atom stereocenters. The lowest BCUT2D eigenvalue weighted by Crippen LogP contribution is -2.39. The van der Waals surface area contributed by atoms with E-state index in [0.717, 1.165) is 29.5 Å². The van der Waals surface area contributed by atoms with E-state index in [9.17, 15) is 4.79 Å². The minimum Gasteiger partial charge on any atom is -0.353 e. The van der Waals surface area contributed by atoms with Crippen LogP contribution in [0.3, 0.4) is 0 Å². The quantitative estimate of drug-likeness (QED) is 0.569. The van der Waals surface area contributed by atoms with Crippen LogP contribution in [0.2, 0.25) is 0 Å². The van der Waals surface area contributed by atoms with E-state index >= 15 is 0 Å². The highest BCUT2D eigenvalue weighted by atomic mass is 79.9. The molecule has 0 heterocycles. The van der Waals surface area contributed by atoms with Gasteiger partial charge in [-0.2, -0.15) is 0 Å². The van der Waals surface area contributed by atoms with Gasteiger partial charge in [0.25, 0.3) is 0 Å². The van der Waals surface area contributed by atoms with Crippen LogP contribution in [-0.2, 0) is 4.79 Å². The van der Waals surface area contributed by atoms with Crippen LogP contribution in [-0.4, -0.2) is 24.2 Å².